The van der Waals surface area contributed by atoms with E-state index in [2.05, 4.69) is 41.9 Å². The van der Waals surface area contributed by atoms with Crippen molar-refractivity contribution in [3.63, 3.8) is 0 Å². The molecule has 3 aromatic carbocycles. The van der Waals surface area contributed by atoms with Gasteiger partial charge in [-0.1, -0.05) is 42.5 Å². The summed E-state index contributed by atoms with van der Waals surface area (Å²) in [6.07, 6.45) is 5.48. The second-order valence-electron chi connectivity index (χ2n) is 12.8. The molecule has 12 heteroatoms. The van der Waals surface area contributed by atoms with Gasteiger partial charge in [0.25, 0.3) is 5.91 Å². The molecule has 2 heterocycles. The van der Waals surface area contributed by atoms with Crippen LogP contribution in [-0.2, 0) is 16.0 Å². The molecular formula is C36H43N9O3. The summed E-state index contributed by atoms with van der Waals surface area (Å²) in [5.41, 5.74) is 10.5. The van der Waals surface area contributed by atoms with Crippen molar-refractivity contribution in [2.24, 2.45) is 17.6 Å². The average Bonchev–Trinajstić information content (AvgIpc) is 3.68. The molecule has 1 saturated carbocycles. The van der Waals surface area contributed by atoms with Crippen molar-refractivity contribution in [2.75, 3.05) is 25.0 Å². The number of benzene rings is 3. The maximum Gasteiger partial charge on any atom is 0.252 e. The van der Waals surface area contributed by atoms with Gasteiger partial charge in [-0.25, -0.2) is 0 Å². The molecule has 2 aliphatic rings. The molecule has 1 atom stereocenters. The summed E-state index contributed by atoms with van der Waals surface area (Å²) in [6, 6.07) is 21.9. The van der Waals surface area contributed by atoms with Crippen molar-refractivity contribution in [3.8, 4) is 22.5 Å². The van der Waals surface area contributed by atoms with Gasteiger partial charge in [-0.3, -0.25) is 14.4 Å². The van der Waals surface area contributed by atoms with Crippen molar-refractivity contribution in [3.05, 3.63) is 83.9 Å². The molecule has 250 valence electrons. The predicted molar refractivity (Wildman–Crippen MR) is 184 cm³/mol. The summed E-state index contributed by atoms with van der Waals surface area (Å²) in [5, 5.41) is 26.6. The van der Waals surface area contributed by atoms with Gasteiger partial charge in [-0.2, -0.15) is 5.21 Å². The SMILES string of the molecule is NCC1CCC(C(=O)NC(Cc2ccc(-c3ccccc3C(=O)NC3CCNCC3)cc2)C(=O)Nc2ccc(-c3nn[nH]n3)cc2)CC1. The lowest BCUT2D eigenvalue weighted by Crippen LogP contribution is -2.48. The Balaban J connectivity index is 1.16. The fourth-order valence-corrected chi connectivity index (χ4v) is 6.59. The number of hydrogen-bond acceptors (Lipinski definition) is 8. The summed E-state index contributed by atoms with van der Waals surface area (Å²) in [7, 11) is 0. The zero-order chi connectivity index (χ0) is 33.3. The highest BCUT2D eigenvalue weighted by atomic mass is 16.2. The van der Waals surface area contributed by atoms with E-state index in [1.54, 1.807) is 24.3 Å². The van der Waals surface area contributed by atoms with Gasteiger partial charge in [0.2, 0.25) is 17.6 Å². The second kappa shape index (κ2) is 15.8. The Bertz CT molecular complexity index is 1660. The first kappa shape index (κ1) is 33.0. The number of nitrogens with zero attached hydrogens (tertiary/aromatic N) is 3. The summed E-state index contributed by atoms with van der Waals surface area (Å²) < 4.78 is 0. The summed E-state index contributed by atoms with van der Waals surface area (Å²) in [5.74, 6) is 0.261. The minimum atomic E-state index is -0.796. The maximum absolute atomic E-state index is 13.7. The number of aromatic nitrogens is 4. The van der Waals surface area contributed by atoms with Crippen molar-refractivity contribution in [1.29, 1.82) is 0 Å². The molecule has 2 fully saturated rings. The van der Waals surface area contributed by atoms with Crippen LogP contribution in [0.3, 0.4) is 0 Å². The highest BCUT2D eigenvalue weighted by Crippen LogP contribution is 2.29. The normalized spacial score (nSPS) is 18.9. The Hall–Kier alpha value is -4.94. The van der Waals surface area contributed by atoms with Gasteiger partial charge in [-0.15, -0.1) is 10.2 Å². The Morgan fingerprint density at radius 3 is 2.25 bits per heavy atom. The van der Waals surface area contributed by atoms with Crippen LogP contribution in [0.25, 0.3) is 22.5 Å². The van der Waals surface area contributed by atoms with Crippen LogP contribution in [0.2, 0.25) is 0 Å². The molecule has 1 aliphatic carbocycles. The van der Waals surface area contributed by atoms with Crippen LogP contribution >= 0.6 is 0 Å². The molecule has 1 aliphatic heterocycles. The van der Waals surface area contributed by atoms with E-state index in [0.717, 1.165) is 73.9 Å². The quantitative estimate of drug-likeness (QED) is 0.143. The van der Waals surface area contributed by atoms with Gasteiger partial charge in [0, 0.05) is 35.2 Å². The third-order valence-corrected chi connectivity index (χ3v) is 9.49. The standard InChI is InChI=1S/C36H43N9O3/c37-22-24-7-11-27(12-8-24)34(46)41-32(36(48)40-28-15-13-26(14-16-28)33-42-44-45-43-33)21-23-5-9-25(10-6-23)30-3-1-2-4-31(30)35(47)39-29-17-19-38-20-18-29/h1-6,9-10,13-16,24,27,29,32,38H,7-8,11-12,17-22,37H2,(H,39,47)(H,40,48)(H,41,46)(H,42,43,44,45). The maximum atomic E-state index is 13.7. The molecule has 7 N–H and O–H groups in total. The number of piperidine rings is 1. The molecule has 4 aromatic rings. The fraction of sp³-hybridized carbons (Fsp3) is 0.389. The van der Waals surface area contributed by atoms with Crippen LogP contribution in [0.15, 0.2) is 72.8 Å². The number of rotatable bonds is 11. The topological polar surface area (TPSA) is 180 Å². The molecule has 48 heavy (non-hydrogen) atoms. The Morgan fingerprint density at radius 2 is 1.56 bits per heavy atom. The highest BCUT2D eigenvalue weighted by molar-refractivity contribution is 6.01. The third kappa shape index (κ3) is 8.31. The van der Waals surface area contributed by atoms with Gasteiger partial charge >= 0.3 is 0 Å². The number of nitrogens with two attached hydrogens (primary N) is 1. The minimum absolute atomic E-state index is 0.0770. The third-order valence-electron chi connectivity index (χ3n) is 9.49. The van der Waals surface area contributed by atoms with Crippen LogP contribution in [0.4, 0.5) is 5.69 Å². The van der Waals surface area contributed by atoms with Gasteiger partial charge in [0.05, 0.1) is 0 Å². The molecular weight excluding hydrogens is 606 g/mol. The number of carbonyl (C=O) groups excluding carboxylic acids is 3. The zero-order valence-corrected chi connectivity index (χ0v) is 27.0. The number of tetrazole rings is 1. The number of nitrogens with one attached hydrogen (secondary N) is 5. The summed E-state index contributed by atoms with van der Waals surface area (Å²) >= 11 is 0. The van der Waals surface area contributed by atoms with Crippen LogP contribution in [0.1, 0.15) is 54.4 Å². The van der Waals surface area contributed by atoms with E-state index in [4.69, 9.17) is 5.73 Å². The lowest BCUT2D eigenvalue weighted by Gasteiger charge is -2.28. The van der Waals surface area contributed by atoms with E-state index in [0.29, 0.717) is 36.0 Å². The van der Waals surface area contributed by atoms with Gasteiger partial charge < -0.3 is 27.0 Å². The van der Waals surface area contributed by atoms with Crippen molar-refractivity contribution in [2.45, 2.75) is 57.0 Å². The van der Waals surface area contributed by atoms with Gasteiger partial charge in [0.15, 0.2) is 0 Å². The Labute approximate surface area is 280 Å². The van der Waals surface area contributed by atoms with Crippen LogP contribution in [-0.4, -0.2) is 70.1 Å². The first-order chi connectivity index (χ1) is 23.5. The zero-order valence-electron chi connectivity index (χ0n) is 27.0. The van der Waals surface area contributed by atoms with Gasteiger partial charge in [-0.05, 0) is 116 Å². The smallest absolute Gasteiger partial charge is 0.252 e. The molecule has 1 unspecified atom stereocenters. The van der Waals surface area contributed by atoms with E-state index in [-0.39, 0.29) is 29.7 Å². The van der Waals surface area contributed by atoms with Crippen molar-refractivity contribution in [1.82, 2.24) is 36.6 Å². The van der Waals surface area contributed by atoms with E-state index in [1.807, 2.05) is 48.5 Å². The lowest BCUT2D eigenvalue weighted by atomic mass is 9.81. The molecule has 12 nitrogen and oxygen atoms in total. The summed E-state index contributed by atoms with van der Waals surface area (Å²) in [6.45, 7) is 2.43. The van der Waals surface area contributed by atoms with Gasteiger partial charge in [0.1, 0.15) is 6.04 Å². The summed E-state index contributed by atoms with van der Waals surface area (Å²) in [4.78, 5) is 40.4. The molecule has 1 saturated heterocycles. The minimum Gasteiger partial charge on any atom is -0.349 e. The van der Waals surface area contributed by atoms with E-state index < -0.39 is 6.04 Å². The first-order valence-corrected chi connectivity index (χ1v) is 16.8. The molecule has 0 bridgehead atoms. The van der Waals surface area contributed by atoms with Crippen molar-refractivity contribution < 1.29 is 14.4 Å². The van der Waals surface area contributed by atoms with E-state index in [9.17, 15) is 14.4 Å². The second-order valence-corrected chi connectivity index (χ2v) is 12.8. The average molecular weight is 650 g/mol. The highest BCUT2D eigenvalue weighted by Gasteiger charge is 2.29. The number of carbonyl (C=O) groups is 3. The number of amides is 3. The predicted octanol–water partition coefficient (Wildman–Crippen LogP) is 3.45. The molecule has 0 spiro atoms. The van der Waals surface area contributed by atoms with Crippen LogP contribution in [0.5, 0.6) is 0 Å². The van der Waals surface area contributed by atoms with Crippen molar-refractivity contribution >= 4 is 23.4 Å². The first-order valence-electron chi connectivity index (χ1n) is 16.8. The molecule has 6 rings (SSSR count). The largest absolute Gasteiger partial charge is 0.349 e. The molecule has 0 radical (unpaired) electrons. The fourth-order valence-electron chi connectivity index (χ4n) is 6.59. The number of H-pyrrole nitrogens is 1. The van der Waals surface area contributed by atoms with E-state index in [1.165, 1.54) is 0 Å². The van der Waals surface area contributed by atoms with E-state index >= 15 is 0 Å². The number of aromatic amines is 1. The number of hydrogen-bond donors (Lipinski definition) is 6. The lowest BCUT2D eigenvalue weighted by molar-refractivity contribution is -0.130. The molecule has 3 amide bonds. The van der Waals surface area contributed by atoms with Crippen LogP contribution in [0, 0.1) is 11.8 Å². The number of anilines is 1. The Morgan fingerprint density at radius 1 is 0.854 bits per heavy atom. The monoisotopic (exact) mass is 649 g/mol. The van der Waals surface area contributed by atoms with Crippen LogP contribution < -0.4 is 27.0 Å². The molecule has 1 aromatic heterocycles. The Kier molecular flexibility index (Phi) is 10.8.